The lowest BCUT2D eigenvalue weighted by molar-refractivity contribution is -0.247. The number of alkyl halides is 3. The summed E-state index contributed by atoms with van der Waals surface area (Å²) in [6.07, 6.45) is -2.03. The van der Waals surface area contributed by atoms with Crippen LogP contribution in [0.5, 0.6) is 11.5 Å². The first kappa shape index (κ1) is 30.0. The fourth-order valence-corrected chi connectivity index (χ4v) is 4.86. The van der Waals surface area contributed by atoms with Crippen molar-refractivity contribution >= 4 is 11.5 Å². The van der Waals surface area contributed by atoms with E-state index >= 15 is 13.2 Å². The maximum absolute atomic E-state index is 15.1. The number of pyridine rings is 1. The Balaban J connectivity index is 1.80. The van der Waals surface area contributed by atoms with E-state index in [1.165, 1.54) is 45.2 Å². The number of nitrogens with zero attached hydrogens (tertiary/aromatic N) is 1. The number of nitrogens with two attached hydrogens (primary N) is 1. The number of benzene rings is 1. The fraction of sp³-hybridized carbons (Fsp3) is 0.400. The Morgan fingerprint density at radius 2 is 1.90 bits per heavy atom. The number of amides is 1. The van der Waals surface area contributed by atoms with Crippen molar-refractivity contribution in [2.24, 2.45) is 5.73 Å². The summed E-state index contributed by atoms with van der Waals surface area (Å²) in [5.74, 6) is 0.223. The summed E-state index contributed by atoms with van der Waals surface area (Å²) in [6, 6.07) is 7.86. The number of rotatable bonds is 7. The summed E-state index contributed by atoms with van der Waals surface area (Å²) in [6.45, 7) is 7.56. The average molecular weight is 574 g/mol. The normalized spacial score (nSPS) is 23.9. The number of ether oxygens (including phenoxy) is 4. The molecule has 0 aliphatic carbocycles. The van der Waals surface area contributed by atoms with E-state index < -0.39 is 29.8 Å². The molecular formula is C30H34F3N3O5. The number of methoxy groups -OCH3 is 1. The van der Waals surface area contributed by atoms with Crippen molar-refractivity contribution in [3.63, 3.8) is 0 Å². The van der Waals surface area contributed by atoms with Crippen LogP contribution in [0.2, 0.25) is 0 Å². The minimum absolute atomic E-state index is 0.0531. The molecule has 0 saturated carbocycles. The van der Waals surface area contributed by atoms with Gasteiger partial charge >= 0.3 is 6.18 Å². The highest BCUT2D eigenvalue weighted by atomic mass is 19.4. The lowest BCUT2D eigenvalue weighted by atomic mass is 9.84. The number of allylic oxidation sites excluding steroid dienone is 2. The van der Waals surface area contributed by atoms with Gasteiger partial charge in [0.1, 0.15) is 18.1 Å². The molecule has 3 N–H and O–H groups in total. The van der Waals surface area contributed by atoms with E-state index in [2.05, 4.69) is 10.3 Å². The van der Waals surface area contributed by atoms with Crippen molar-refractivity contribution in [2.75, 3.05) is 26.9 Å². The molecule has 41 heavy (non-hydrogen) atoms. The highest BCUT2D eigenvalue weighted by molar-refractivity contribution is 5.95. The van der Waals surface area contributed by atoms with Crippen LogP contribution in [0.4, 0.5) is 13.2 Å². The van der Waals surface area contributed by atoms with E-state index in [-0.39, 0.29) is 29.3 Å². The molecule has 1 aromatic carbocycles. The van der Waals surface area contributed by atoms with Gasteiger partial charge in [-0.15, -0.1) is 0 Å². The van der Waals surface area contributed by atoms with Crippen LogP contribution in [0.3, 0.4) is 0 Å². The molecule has 2 aromatic rings. The molecule has 220 valence electrons. The number of aryl methyl sites for hydroxylation is 1. The van der Waals surface area contributed by atoms with Gasteiger partial charge in [-0.3, -0.25) is 9.78 Å². The standard InChI is InChI=1S/C30H34F3N3O5/c1-7-39-23-11-10-20(13-24(23)38-6)27(37)36-15-29(30(31,32)33)17(2)12-22-26(40-16-28(22,5)34)25(19(4)41-29)21-9-8-18(3)35-14-21/h8-14H,7,15-16,34H2,1-6H3,(H,36,37)/b17-12+,25-19?. The third-order valence-electron chi connectivity index (χ3n) is 7.16. The number of hydrogen-bond acceptors (Lipinski definition) is 7. The van der Waals surface area contributed by atoms with Crippen LogP contribution in [-0.2, 0) is 9.47 Å². The molecule has 3 heterocycles. The first-order valence-corrected chi connectivity index (χ1v) is 13.1. The molecule has 1 aromatic heterocycles. The molecule has 0 radical (unpaired) electrons. The fourth-order valence-electron chi connectivity index (χ4n) is 4.86. The Morgan fingerprint density at radius 1 is 1.17 bits per heavy atom. The van der Waals surface area contributed by atoms with Gasteiger partial charge in [-0.05, 0) is 64.5 Å². The molecule has 11 heteroatoms. The smallest absolute Gasteiger partial charge is 0.434 e. The summed E-state index contributed by atoms with van der Waals surface area (Å²) in [5.41, 5.74) is 4.36. The minimum atomic E-state index is -4.93. The Morgan fingerprint density at radius 3 is 2.51 bits per heavy atom. The molecule has 0 bridgehead atoms. The Hall–Kier alpha value is -3.99. The average Bonchev–Trinajstić information content (AvgIpc) is 3.19. The zero-order chi connectivity index (χ0) is 30.2. The molecule has 2 atom stereocenters. The minimum Gasteiger partial charge on any atom is -0.493 e. The van der Waals surface area contributed by atoms with E-state index in [0.29, 0.717) is 34.8 Å². The molecule has 1 amide bonds. The second-order valence-corrected chi connectivity index (χ2v) is 10.3. The second kappa shape index (κ2) is 11.1. The van der Waals surface area contributed by atoms with Gasteiger partial charge in [0.15, 0.2) is 11.5 Å². The zero-order valence-electron chi connectivity index (χ0n) is 23.9. The zero-order valence-corrected chi connectivity index (χ0v) is 23.9. The summed E-state index contributed by atoms with van der Waals surface area (Å²) in [5, 5.41) is 2.43. The first-order chi connectivity index (χ1) is 19.2. The van der Waals surface area contributed by atoms with Gasteiger partial charge in [-0.25, -0.2) is 0 Å². The molecular weight excluding hydrogens is 539 g/mol. The molecule has 0 saturated heterocycles. The van der Waals surface area contributed by atoms with Crippen LogP contribution in [0.15, 0.2) is 65.3 Å². The predicted octanol–water partition coefficient (Wildman–Crippen LogP) is 5.24. The third-order valence-corrected chi connectivity index (χ3v) is 7.16. The monoisotopic (exact) mass is 573 g/mol. The van der Waals surface area contributed by atoms with Gasteiger partial charge in [0.25, 0.3) is 5.91 Å². The topological polar surface area (TPSA) is 105 Å². The van der Waals surface area contributed by atoms with Crippen LogP contribution in [-0.4, -0.2) is 55.1 Å². The number of nitrogens with one attached hydrogen (secondary N) is 1. The largest absolute Gasteiger partial charge is 0.493 e. The Labute approximate surface area is 237 Å². The lowest BCUT2D eigenvalue weighted by Gasteiger charge is -2.39. The van der Waals surface area contributed by atoms with E-state index in [9.17, 15) is 4.79 Å². The van der Waals surface area contributed by atoms with Gasteiger partial charge in [-0.1, -0.05) is 12.1 Å². The molecule has 2 unspecified atom stereocenters. The van der Waals surface area contributed by atoms with Crippen molar-refractivity contribution in [1.29, 1.82) is 0 Å². The number of carbonyl (C=O) groups excluding carboxylic acids is 1. The molecule has 0 spiro atoms. The Kier molecular flexibility index (Phi) is 8.13. The predicted molar refractivity (Wildman–Crippen MR) is 147 cm³/mol. The van der Waals surface area contributed by atoms with Crippen LogP contribution in [0.25, 0.3) is 5.57 Å². The summed E-state index contributed by atoms with van der Waals surface area (Å²) in [7, 11) is 1.41. The van der Waals surface area contributed by atoms with Crippen LogP contribution in [0, 0.1) is 6.92 Å². The van der Waals surface area contributed by atoms with Gasteiger partial charge in [-0.2, -0.15) is 13.2 Å². The van der Waals surface area contributed by atoms with E-state index in [0.717, 1.165) is 5.69 Å². The van der Waals surface area contributed by atoms with Gasteiger partial charge < -0.3 is 30.0 Å². The maximum Gasteiger partial charge on any atom is 0.434 e. The van der Waals surface area contributed by atoms with Crippen molar-refractivity contribution in [2.45, 2.75) is 51.9 Å². The molecule has 2 aliphatic heterocycles. The number of carbonyl (C=O) groups is 1. The van der Waals surface area contributed by atoms with Gasteiger partial charge in [0.2, 0.25) is 5.60 Å². The van der Waals surface area contributed by atoms with Gasteiger partial charge in [0.05, 0.1) is 31.4 Å². The van der Waals surface area contributed by atoms with E-state index in [1.54, 1.807) is 39.1 Å². The quantitative estimate of drug-likeness (QED) is 0.467. The highest BCUT2D eigenvalue weighted by Crippen LogP contribution is 2.47. The van der Waals surface area contributed by atoms with Crippen molar-refractivity contribution in [1.82, 2.24) is 10.3 Å². The highest BCUT2D eigenvalue weighted by Gasteiger charge is 2.60. The number of aromatic nitrogens is 1. The molecule has 8 nitrogen and oxygen atoms in total. The lowest BCUT2D eigenvalue weighted by Crippen LogP contribution is -2.56. The van der Waals surface area contributed by atoms with Crippen LogP contribution < -0.4 is 20.5 Å². The van der Waals surface area contributed by atoms with E-state index in [1.807, 2.05) is 0 Å². The van der Waals surface area contributed by atoms with Crippen molar-refractivity contribution in [3.8, 4) is 11.5 Å². The second-order valence-electron chi connectivity index (χ2n) is 10.3. The molecule has 4 rings (SSSR count). The number of hydrogen-bond donors (Lipinski definition) is 2. The first-order valence-electron chi connectivity index (χ1n) is 13.1. The molecule has 0 fully saturated rings. The summed E-state index contributed by atoms with van der Waals surface area (Å²) >= 11 is 0. The van der Waals surface area contributed by atoms with Crippen molar-refractivity contribution in [3.05, 3.63) is 82.1 Å². The summed E-state index contributed by atoms with van der Waals surface area (Å²) in [4.78, 5) is 17.4. The van der Waals surface area contributed by atoms with Gasteiger partial charge in [0, 0.05) is 28.6 Å². The van der Waals surface area contributed by atoms with E-state index in [4.69, 9.17) is 24.7 Å². The SMILES string of the molecule is CCOc1ccc(C(=O)NCC2(C(F)(F)F)OC(C)=C(c3ccc(C)nc3)C3=C(/C=C/2C)C(C)(N)CO3)cc1OC. The maximum atomic E-state index is 15.1. The Bertz CT molecular complexity index is 1430. The third kappa shape index (κ3) is 5.63. The van der Waals surface area contributed by atoms with Crippen LogP contribution >= 0.6 is 0 Å². The van der Waals surface area contributed by atoms with Crippen LogP contribution in [0.1, 0.15) is 49.3 Å². The van der Waals surface area contributed by atoms with Crippen molar-refractivity contribution < 1.29 is 36.9 Å². The molecule has 2 aliphatic rings. The summed E-state index contributed by atoms with van der Waals surface area (Å²) < 4.78 is 67.8. The number of halogens is 3.